The summed E-state index contributed by atoms with van der Waals surface area (Å²) >= 11 is 0. The van der Waals surface area contributed by atoms with Crippen molar-refractivity contribution < 1.29 is 13.5 Å². The molecule has 0 amide bonds. The smallest absolute Gasteiger partial charge is 0.242 e. The van der Waals surface area contributed by atoms with Gasteiger partial charge in [0.25, 0.3) is 0 Å². The van der Waals surface area contributed by atoms with Gasteiger partial charge < -0.3 is 15.3 Å². The predicted octanol–water partition coefficient (Wildman–Crippen LogP) is 0.469. The summed E-state index contributed by atoms with van der Waals surface area (Å²) in [6.45, 7) is 4.59. The van der Waals surface area contributed by atoms with Crippen molar-refractivity contribution in [3.8, 4) is 0 Å². The number of nitrogens with one attached hydrogen (secondary N) is 1. The molecule has 1 aliphatic heterocycles. The zero-order valence-electron chi connectivity index (χ0n) is 14.4. The molecular weight excluding hydrogens is 328 g/mol. The van der Waals surface area contributed by atoms with Crippen LogP contribution < -0.4 is 5.32 Å². The molecule has 0 spiro atoms. The van der Waals surface area contributed by atoms with E-state index in [1.54, 1.807) is 24.3 Å². The fraction of sp³-hybridized carbons (Fsp3) is 0.562. The minimum Gasteiger partial charge on any atom is -0.391 e. The van der Waals surface area contributed by atoms with Gasteiger partial charge in [0.2, 0.25) is 10.0 Å². The van der Waals surface area contributed by atoms with Crippen LogP contribution in [0.2, 0.25) is 0 Å². The van der Waals surface area contributed by atoms with Crippen LogP contribution in [0.25, 0.3) is 0 Å². The lowest BCUT2D eigenvalue weighted by Gasteiger charge is -2.21. The molecule has 0 radical (unpaired) electrons. The Labute approximate surface area is 144 Å². The van der Waals surface area contributed by atoms with Crippen LogP contribution in [-0.4, -0.2) is 68.5 Å². The van der Waals surface area contributed by atoms with E-state index in [9.17, 15) is 13.5 Å². The van der Waals surface area contributed by atoms with E-state index in [-0.39, 0.29) is 11.0 Å². The van der Waals surface area contributed by atoms with Crippen molar-refractivity contribution >= 4 is 16.0 Å². The highest BCUT2D eigenvalue weighted by Gasteiger charge is 2.22. The van der Waals surface area contributed by atoms with Crippen molar-refractivity contribution in [3.05, 3.63) is 29.8 Å². The van der Waals surface area contributed by atoms with Crippen LogP contribution in [0.1, 0.15) is 18.9 Å². The Morgan fingerprint density at radius 1 is 1.38 bits per heavy atom. The summed E-state index contributed by atoms with van der Waals surface area (Å²) in [5, 5.41) is 12.9. The standard InChI is InChI=1S/C16H26N4O3S/c1-4-17-16(20-10-9-14(21)12-20)18-11-13-5-7-15(8-6-13)24(22,23)19(2)3/h5-8,14,21H,4,9-12H2,1-3H3,(H,17,18)/t14-/m1/s1. The van der Waals surface area contributed by atoms with E-state index in [2.05, 4.69) is 10.3 Å². The van der Waals surface area contributed by atoms with Crippen LogP contribution in [0.15, 0.2) is 34.2 Å². The lowest BCUT2D eigenvalue weighted by Crippen LogP contribution is -2.40. The molecule has 1 aromatic rings. The zero-order valence-corrected chi connectivity index (χ0v) is 15.3. The maximum absolute atomic E-state index is 12.1. The molecule has 0 aromatic heterocycles. The summed E-state index contributed by atoms with van der Waals surface area (Å²) in [4.78, 5) is 6.90. The molecule has 134 valence electrons. The van der Waals surface area contributed by atoms with Crippen molar-refractivity contribution in [3.63, 3.8) is 0 Å². The fourth-order valence-corrected chi connectivity index (χ4v) is 3.41. The van der Waals surface area contributed by atoms with E-state index < -0.39 is 10.0 Å². The van der Waals surface area contributed by atoms with Crippen molar-refractivity contribution in [1.82, 2.24) is 14.5 Å². The Kier molecular flexibility index (Phi) is 6.20. The third kappa shape index (κ3) is 4.46. The lowest BCUT2D eigenvalue weighted by atomic mass is 10.2. The fourth-order valence-electron chi connectivity index (χ4n) is 2.50. The Morgan fingerprint density at radius 3 is 2.54 bits per heavy atom. The molecule has 0 unspecified atom stereocenters. The van der Waals surface area contributed by atoms with Crippen LogP contribution in [0.3, 0.4) is 0 Å². The summed E-state index contributed by atoms with van der Waals surface area (Å²) < 4.78 is 25.3. The third-order valence-electron chi connectivity index (χ3n) is 3.91. The summed E-state index contributed by atoms with van der Waals surface area (Å²) in [5.41, 5.74) is 0.933. The van der Waals surface area contributed by atoms with E-state index >= 15 is 0 Å². The normalized spacial score (nSPS) is 19.1. The van der Waals surface area contributed by atoms with Gasteiger partial charge in [0, 0.05) is 33.7 Å². The predicted molar refractivity (Wildman–Crippen MR) is 94.3 cm³/mol. The molecule has 1 heterocycles. The molecule has 2 rings (SSSR count). The van der Waals surface area contributed by atoms with Crippen molar-refractivity contribution in [1.29, 1.82) is 0 Å². The molecule has 24 heavy (non-hydrogen) atoms. The molecule has 0 saturated carbocycles. The molecule has 7 nitrogen and oxygen atoms in total. The van der Waals surface area contributed by atoms with E-state index in [1.807, 2.05) is 11.8 Å². The maximum Gasteiger partial charge on any atom is 0.242 e. The molecule has 0 bridgehead atoms. The number of hydrogen-bond donors (Lipinski definition) is 2. The van der Waals surface area contributed by atoms with Crippen LogP contribution in [0.5, 0.6) is 0 Å². The van der Waals surface area contributed by atoms with Crippen LogP contribution >= 0.6 is 0 Å². The quantitative estimate of drug-likeness (QED) is 0.593. The van der Waals surface area contributed by atoms with Crippen LogP contribution in [0, 0.1) is 0 Å². The Hall–Kier alpha value is -1.64. The minimum absolute atomic E-state index is 0.273. The second-order valence-electron chi connectivity index (χ2n) is 5.99. The third-order valence-corrected chi connectivity index (χ3v) is 5.74. The van der Waals surface area contributed by atoms with E-state index in [0.29, 0.717) is 13.1 Å². The number of aliphatic imine (C=N–C) groups is 1. The number of β-amino-alcohol motifs (C(OH)–C–C–N with tert-alkyl or cyclic N) is 1. The zero-order chi connectivity index (χ0) is 17.7. The van der Waals surface area contributed by atoms with Gasteiger partial charge >= 0.3 is 0 Å². The first-order chi connectivity index (χ1) is 11.3. The number of aliphatic hydroxyl groups is 1. The molecule has 1 saturated heterocycles. The van der Waals surface area contributed by atoms with E-state index in [1.165, 1.54) is 18.4 Å². The summed E-state index contributed by atoms with van der Waals surface area (Å²) in [6, 6.07) is 6.77. The molecule has 0 aliphatic carbocycles. The molecule has 1 fully saturated rings. The largest absolute Gasteiger partial charge is 0.391 e. The van der Waals surface area contributed by atoms with Crippen LogP contribution in [-0.2, 0) is 16.6 Å². The van der Waals surface area contributed by atoms with Gasteiger partial charge in [-0.05, 0) is 31.0 Å². The van der Waals surface area contributed by atoms with Gasteiger partial charge in [-0.15, -0.1) is 0 Å². The average Bonchev–Trinajstić information content (AvgIpc) is 2.98. The van der Waals surface area contributed by atoms with E-state index in [0.717, 1.165) is 31.0 Å². The number of sulfonamides is 1. The molecule has 2 N–H and O–H groups in total. The second-order valence-corrected chi connectivity index (χ2v) is 8.14. The number of hydrogen-bond acceptors (Lipinski definition) is 4. The van der Waals surface area contributed by atoms with Crippen molar-refractivity contribution in [2.45, 2.75) is 30.9 Å². The number of guanidine groups is 1. The Balaban J connectivity index is 2.09. The number of rotatable bonds is 5. The van der Waals surface area contributed by atoms with Gasteiger partial charge in [-0.1, -0.05) is 12.1 Å². The summed E-state index contributed by atoms with van der Waals surface area (Å²) in [7, 11) is -0.374. The van der Waals surface area contributed by atoms with Gasteiger partial charge in [-0.25, -0.2) is 17.7 Å². The van der Waals surface area contributed by atoms with Crippen LogP contribution in [0.4, 0.5) is 0 Å². The van der Waals surface area contributed by atoms with Gasteiger partial charge in [0.1, 0.15) is 0 Å². The molecule has 1 atom stereocenters. The number of likely N-dealkylation sites (tertiary alicyclic amines) is 1. The maximum atomic E-state index is 12.1. The Bertz CT molecular complexity index is 671. The number of benzene rings is 1. The average molecular weight is 354 g/mol. The first-order valence-electron chi connectivity index (χ1n) is 8.07. The number of aliphatic hydroxyl groups excluding tert-OH is 1. The molecule has 1 aliphatic rings. The molecule has 8 heteroatoms. The highest BCUT2D eigenvalue weighted by atomic mass is 32.2. The van der Waals surface area contributed by atoms with Gasteiger partial charge in [-0.2, -0.15) is 0 Å². The highest BCUT2D eigenvalue weighted by molar-refractivity contribution is 7.89. The van der Waals surface area contributed by atoms with Gasteiger partial charge in [0.15, 0.2) is 5.96 Å². The topological polar surface area (TPSA) is 85.2 Å². The van der Waals surface area contributed by atoms with E-state index in [4.69, 9.17) is 0 Å². The van der Waals surface area contributed by atoms with Gasteiger partial charge in [0.05, 0.1) is 17.5 Å². The summed E-state index contributed by atoms with van der Waals surface area (Å²) in [6.07, 6.45) is 0.450. The Morgan fingerprint density at radius 2 is 2.04 bits per heavy atom. The van der Waals surface area contributed by atoms with Crippen molar-refractivity contribution in [2.24, 2.45) is 4.99 Å². The van der Waals surface area contributed by atoms with Crippen molar-refractivity contribution in [2.75, 3.05) is 33.7 Å². The minimum atomic E-state index is -3.40. The molecule has 1 aromatic carbocycles. The molecular formula is C16H26N4O3S. The lowest BCUT2D eigenvalue weighted by molar-refractivity contribution is 0.188. The first-order valence-corrected chi connectivity index (χ1v) is 9.51. The monoisotopic (exact) mass is 354 g/mol. The first kappa shape index (κ1) is 18.7. The highest BCUT2D eigenvalue weighted by Crippen LogP contribution is 2.15. The van der Waals surface area contributed by atoms with Gasteiger partial charge in [-0.3, -0.25) is 0 Å². The number of nitrogens with zero attached hydrogens (tertiary/aromatic N) is 3. The summed E-state index contributed by atoms with van der Waals surface area (Å²) in [5.74, 6) is 0.777. The second kappa shape index (κ2) is 7.96. The SMILES string of the molecule is CCNC(=NCc1ccc(S(=O)(=O)N(C)C)cc1)N1CC[C@@H](O)C1.